The van der Waals surface area contributed by atoms with Crippen LogP contribution in [0.15, 0.2) is 17.0 Å². The zero-order valence-electron chi connectivity index (χ0n) is 10.9. The molecule has 0 aromatic heterocycles. The molecule has 1 aromatic rings. The zero-order valence-corrected chi connectivity index (χ0v) is 11.7. The summed E-state index contributed by atoms with van der Waals surface area (Å²) < 4.78 is 0. The van der Waals surface area contributed by atoms with Crippen LogP contribution in [0, 0.1) is 0 Å². The number of carbonyl (C=O) groups is 3. The van der Waals surface area contributed by atoms with E-state index in [1.807, 2.05) is 0 Å². The Morgan fingerprint density at radius 1 is 1.19 bits per heavy atom. The molecule has 1 rings (SSSR count). The number of phenolic OH excluding ortho intramolecular Hbond substituents is 1. The molecule has 0 radical (unpaired) electrons. The Hall–Kier alpha value is -2.42. The lowest BCUT2D eigenvalue weighted by Gasteiger charge is -2.14. The molecule has 0 unspecified atom stereocenters. The minimum Gasteiger partial charge on any atom is -0.504 e. The van der Waals surface area contributed by atoms with Gasteiger partial charge >= 0.3 is 11.9 Å². The molecular weight excluding hydrogens is 302 g/mol. The van der Waals surface area contributed by atoms with Crippen LogP contribution in [0.3, 0.4) is 0 Å². The summed E-state index contributed by atoms with van der Waals surface area (Å²) >= 11 is 0.862. The molecule has 5 N–H and O–H groups in total. The maximum absolute atomic E-state index is 10.9. The Morgan fingerprint density at radius 2 is 1.81 bits per heavy atom. The molecule has 1 atom stereocenters. The highest BCUT2D eigenvalue weighted by Gasteiger charge is 2.21. The third-order valence-electron chi connectivity index (χ3n) is 2.43. The molecule has 0 heterocycles. The van der Waals surface area contributed by atoms with Crippen LogP contribution < -0.4 is 5.32 Å². The third kappa shape index (κ3) is 4.28. The number of aromatic carboxylic acids is 1. The lowest BCUT2D eigenvalue weighted by molar-refractivity contribution is -0.140. The van der Waals surface area contributed by atoms with E-state index >= 15 is 0 Å². The highest BCUT2D eigenvalue weighted by Crippen LogP contribution is 2.38. The Bertz CT molecular complexity index is 587. The van der Waals surface area contributed by atoms with Crippen molar-refractivity contribution in [3.8, 4) is 11.5 Å². The third-order valence-corrected chi connectivity index (χ3v) is 3.57. The van der Waals surface area contributed by atoms with Crippen LogP contribution in [0.2, 0.25) is 0 Å². The molecule has 1 aromatic carbocycles. The van der Waals surface area contributed by atoms with Gasteiger partial charge in [-0.15, -0.1) is 11.8 Å². The fourth-order valence-electron chi connectivity index (χ4n) is 1.44. The van der Waals surface area contributed by atoms with Crippen molar-refractivity contribution in [3.05, 3.63) is 17.7 Å². The average molecular weight is 315 g/mol. The van der Waals surface area contributed by atoms with Gasteiger partial charge in [-0.1, -0.05) is 0 Å². The van der Waals surface area contributed by atoms with Gasteiger partial charge in [0.25, 0.3) is 0 Å². The summed E-state index contributed by atoms with van der Waals surface area (Å²) in [6.45, 7) is 1.17. The van der Waals surface area contributed by atoms with Gasteiger partial charge < -0.3 is 25.7 Å². The summed E-state index contributed by atoms with van der Waals surface area (Å²) in [6, 6.07) is 1.16. The fraction of sp³-hybridized carbons (Fsp3) is 0.250. The molecule has 114 valence electrons. The number of aromatic hydroxyl groups is 2. The molecule has 21 heavy (non-hydrogen) atoms. The first-order chi connectivity index (χ1) is 9.73. The van der Waals surface area contributed by atoms with Gasteiger partial charge in [-0.2, -0.15) is 0 Å². The minimum absolute atomic E-state index is 0.103. The van der Waals surface area contributed by atoms with Crippen LogP contribution in [0.1, 0.15) is 17.3 Å². The normalized spacial score (nSPS) is 11.7. The van der Waals surface area contributed by atoms with Crippen LogP contribution in [0.25, 0.3) is 0 Å². The highest BCUT2D eigenvalue weighted by atomic mass is 32.2. The summed E-state index contributed by atoms with van der Waals surface area (Å²) in [7, 11) is 0. The smallest absolute Gasteiger partial charge is 0.339 e. The summed E-state index contributed by atoms with van der Waals surface area (Å²) in [5.74, 6) is -4.71. The first-order valence-electron chi connectivity index (χ1n) is 5.65. The van der Waals surface area contributed by atoms with E-state index in [4.69, 9.17) is 10.2 Å². The molecule has 0 fully saturated rings. The van der Waals surface area contributed by atoms with E-state index in [0.717, 1.165) is 17.8 Å². The van der Waals surface area contributed by atoms with Gasteiger partial charge in [0.05, 0.1) is 4.90 Å². The van der Waals surface area contributed by atoms with Crippen molar-refractivity contribution in [1.29, 1.82) is 0 Å². The van der Waals surface area contributed by atoms with Crippen molar-refractivity contribution < 1.29 is 34.8 Å². The number of carboxylic acids is 2. The van der Waals surface area contributed by atoms with Gasteiger partial charge in [-0.05, 0) is 12.1 Å². The fourth-order valence-corrected chi connectivity index (χ4v) is 2.41. The van der Waals surface area contributed by atoms with Gasteiger partial charge in [-0.25, -0.2) is 9.59 Å². The number of carboxylic acid groups (broad SMARTS) is 2. The molecule has 0 aliphatic heterocycles. The monoisotopic (exact) mass is 315 g/mol. The predicted molar refractivity (Wildman–Crippen MR) is 72.7 cm³/mol. The SMILES string of the molecule is CC(=O)N[C@@H](CSc1ccc(C(=O)O)c(O)c1O)C(=O)O. The molecule has 0 aliphatic rings. The molecule has 9 heteroatoms. The molecule has 0 spiro atoms. The van der Waals surface area contributed by atoms with Crippen molar-refractivity contribution in [2.45, 2.75) is 17.9 Å². The van der Waals surface area contributed by atoms with Crippen LogP contribution in [0.5, 0.6) is 11.5 Å². The quantitative estimate of drug-likeness (QED) is 0.376. The van der Waals surface area contributed by atoms with E-state index in [1.54, 1.807) is 0 Å². The van der Waals surface area contributed by atoms with Crippen LogP contribution in [-0.2, 0) is 9.59 Å². The number of rotatable bonds is 6. The van der Waals surface area contributed by atoms with Crippen molar-refractivity contribution in [3.63, 3.8) is 0 Å². The second kappa shape index (κ2) is 6.84. The predicted octanol–water partition coefficient (Wildman–Crippen LogP) is 0.477. The van der Waals surface area contributed by atoms with Crippen molar-refractivity contribution >= 4 is 29.6 Å². The van der Waals surface area contributed by atoms with Gasteiger partial charge in [-0.3, -0.25) is 4.79 Å². The van der Waals surface area contributed by atoms with E-state index in [0.29, 0.717) is 0 Å². The number of thioether (sulfide) groups is 1. The first kappa shape index (κ1) is 16.6. The summed E-state index contributed by atoms with van der Waals surface area (Å²) in [5.41, 5.74) is -0.464. The van der Waals surface area contributed by atoms with Crippen molar-refractivity contribution in [2.24, 2.45) is 0 Å². The van der Waals surface area contributed by atoms with Crippen LogP contribution in [-0.4, -0.2) is 50.1 Å². The second-order valence-electron chi connectivity index (χ2n) is 4.02. The van der Waals surface area contributed by atoms with E-state index in [9.17, 15) is 24.6 Å². The molecule has 0 aliphatic carbocycles. The molecule has 0 saturated carbocycles. The number of aliphatic carboxylic acids is 1. The lowest BCUT2D eigenvalue weighted by Crippen LogP contribution is -2.41. The summed E-state index contributed by atoms with van der Waals surface area (Å²) in [4.78, 5) is 32.7. The van der Waals surface area contributed by atoms with E-state index < -0.39 is 41.0 Å². The molecule has 0 saturated heterocycles. The number of phenols is 2. The average Bonchev–Trinajstić information content (AvgIpc) is 2.37. The van der Waals surface area contributed by atoms with Gasteiger partial charge in [0.15, 0.2) is 11.5 Å². The van der Waals surface area contributed by atoms with Crippen LogP contribution in [0.4, 0.5) is 0 Å². The number of hydrogen-bond donors (Lipinski definition) is 5. The standard InChI is InChI=1S/C12H13NO7S/c1-5(14)13-7(12(19)20)4-21-8-3-2-6(11(17)18)9(15)10(8)16/h2-3,7,15-16H,4H2,1H3,(H,13,14)(H,17,18)(H,19,20)/t7-/m0/s1. The molecule has 1 amide bonds. The molecule has 0 bridgehead atoms. The van der Waals surface area contributed by atoms with Gasteiger partial charge in [0, 0.05) is 12.7 Å². The highest BCUT2D eigenvalue weighted by molar-refractivity contribution is 7.99. The molecule has 8 nitrogen and oxygen atoms in total. The van der Waals surface area contributed by atoms with E-state index in [2.05, 4.69) is 5.32 Å². The first-order valence-corrected chi connectivity index (χ1v) is 6.63. The van der Waals surface area contributed by atoms with E-state index in [-0.39, 0.29) is 10.6 Å². The van der Waals surface area contributed by atoms with E-state index in [1.165, 1.54) is 13.0 Å². The topological polar surface area (TPSA) is 144 Å². The maximum atomic E-state index is 10.9. The Labute approximate surface area is 123 Å². The van der Waals surface area contributed by atoms with Gasteiger partial charge in [0.1, 0.15) is 11.6 Å². The Balaban J connectivity index is 2.88. The summed E-state index contributed by atoms with van der Waals surface area (Å²) in [6.07, 6.45) is 0. The number of hydrogen-bond acceptors (Lipinski definition) is 6. The largest absolute Gasteiger partial charge is 0.504 e. The minimum atomic E-state index is -1.40. The number of nitrogens with one attached hydrogen (secondary N) is 1. The Kier molecular flexibility index (Phi) is 5.42. The number of amides is 1. The zero-order chi connectivity index (χ0) is 16.2. The number of benzene rings is 1. The maximum Gasteiger partial charge on any atom is 0.339 e. The second-order valence-corrected chi connectivity index (χ2v) is 5.08. The molecular formula is C12H13NO7S. The lowest BCUT2D eigenvalue weighted by atomic mass is 10.2. The van der Waals surface area contributed by atoms with Crippen molar-refractivity contribution in [2.75, 3.05) is 5.75 Å². The van der Waals surface area contributed by atoms with Crippen molar-refractivity contribution in [1.82, 2.24) is 5.32 Å². The number of carbonyl (C=O) groups excluding carboxylic acids is 1. The van der Waals surface area contributed by atoms with Crippen LogP contribution >= 0.6 is 11.8 Å². The Morgan fingerprint density at radius 3 is 2.29 bits per heavy atom. The summed E-state index contributed by atoms with van der Waals surface area (Å²) in [5, 5.41) is 39.1. The van der Waals surface area contributed by atoms with Gasteiger partial charge in [0.2, 0.25) is 5.91 Å².